The van der Waals surface area contributed by atoms with Gasteiger partial charge in [0.15, 0.2) is 17.5 Å². The average Bonchev–Trinajstić information content (AvgIpc) is 4.12. The lowest BCUT2D eigenvalue weighted by molar-refractivity contribution is 0.673. The number of furan rings is 1. The summed E-state index contributed by atoms with van der Waals surface area (Å²) in [6, 6.07) is 71.3. The number of thiophene rings is 1. The van der Waals surface area contributed by atoms with Crippen LogP contribution in [0.25, 0.3) is 115 Å². The first-order valence-electron chi connectivity index (χ1n) is 21.6. The molecule has 0 spiro atoms. The molecule has 13 aromatic rings. The van der Waals surface area contributed by atoms with Gasteiger partial charge in [-0.1, -0.05) is 164 Å². The van der Waals surface area contributed by atoms with Crippen LogP contribution < -0.4 is 0 Å². The van der Waals surface area contributed by atoms with Gasteiger partial charge in [0.25, 0.3) is 0 Å². The molecule has 0 saturated heterocycles. The molecule has 0 bridgehead atoms. The van der Waals surface area contributed by atoms with Crippen molar-refractivity contribution >= 4 is 75.3 Å². The van der Waals surface area contributed by atoms with Crippen LogP contribution in [0.4, 0.5) is 0 Å². The topological polar surface area (TPSA) is 56.7 Å². The Morgan fingerprint density at radius 1 is 0.469 bits per heavy atom. The first-order chi connectivity index (χ1) is 31.7. The first kappa shape index (κ1) is 35.4. The summed E-state index contributed by atoms with van der Waals surface area (Å²) in [5, 5.41) is 6.90. The summed E-state index contributed by atoms with van der Waals surface area (Å²) >= 11 is 1.76. The van der Waals surface area contributed by atoms with E-state index in [0.29, 0.717) is 17.5 Å². The summed E-state index contributed by atoms with van der Waals surface area (Å²) in [7, 11) is 0. The maximum Gasteiger partial charge on any atom is 0.165 e. The smallest absolute Gasteiger partial charge is 0.165 e. The van der Waals surface area contributed by atoms with Gasteiger partial charge in [-0.15, -0.1) is 11.3 Å². The van der Waals surface area contributed by atoms with Crippen molar-refractivity contribution in [2.75, 3.05) is 0 Å². The Labute approximate surface area is 371 Å². The second-order valence-corrected chi connectivity index (χ2v) is 17.7. The Hall–Kier alpha value is -8.19. The van der Waals surface area contributed by atoms with Crippen LogP contribution in [0, 0.1) is 0 Å². The number of hydrogen-bond acceptors (Lipinski definition) is 5. The van der Waals surface area contributed by atoms with E-state index in [4.69, 9.17) is 19.4 Å². The fraction of sp³-hybridized carbons (Fsp3) is 0.0172. The van der Waals surface area contributed by atoms with Gasteiger partial charge in [0.2, 0.25) is 0 Å². The fourth-order valence-electron chi connectivity index (χ4n) is 10.3. The van der Waals surface area contributed by atoms with E-state index in [2.05, 4.69) is 174 Å². The molecule has 0 fully saturated rings. The van der Waals surface area contributed by atoms with Crippen LogP contribution in [-0.4, -0.2) is 19.5 Å². The highest BCUT2D eigenvalue weighted by atomic mass is 32.1. The molecule has 0 radical (unpaired) electrons. The molecule has 1 unspecified atom stereocenters. The minimum atomic E-state index is 0.0541. The molecule has 0 aliphatic heterocycles. The third-order valence-electron chi connectivity index (χ3n) is 13.1. The number of fused-ring (bicyclic) bond motifs is 14. The largest absolute Gasteiger partial charge is 0.455 e. The molecule has 0 saturated carbocycles. The highest BCUT2D eigenvalue weighted by Gasteiger charge is 2.33. The number of hydrogen-bond donors (Lipinski definition) is 0. The monoisotopic (exact) mass is 834 g/mol. The van der Waals surface area contributed by atoms with Gasteiger partial charge in [-0.25, -0.2) is 15.0 Å². The van der Waals surface area contributed by atoms with E-state index >= 15 is 0 Å². The number of rotatable bonds is 5. The normalized spacial score (nSPS) is 13.5. The van der Waals surface area contributed by atoms with Crippen LogP contribution in [-0.2, 0) is 0 Å². The zero-order valence-electron chi connectivity index (χ0n) is 34.2. The lowest BCUT2D eigenvalue weighted by Crippen LogP contribution is -2.02. The van der Waals surface area contributed by atoms with E-state index in [0.717, 1.165) is 54.4 Å². The molecule has 0 N–H and O–H groups in total. The molecule has 14 rings (SSSR count). The molecule has 4 heterocycles. The second-order valence-electron chi connectivity index (χ2n) is 16.6. The molecule has 0 amide bonds. The van der Waals surface area contributed by atoms with Gasteiger partial charge in [0.05, 0.1) is 15.7 Å². The van der Waals surface area contributed by atoms with Crippen LogP contribution in [0.5, 0.6) is 0 Å². The number of para-hydroxylation sites is 3. The number of benzene rings is 9. The molecule has 1 aliphatic rings. The van der Waals surface area contributed by atoms with Gasteiger partial charge >= 0.3 is 0 Å². The summed E-state index contributed by atoms with van der Waals surface area (Å²) in [4.78, 5) is 15.8. The SMILES string of the molecule is c1ccc(-c2nc(-c3ccc(C4c5ccccc5-c5c4ccc4c6ccccc6n(-c6ccccc6)c54)cc3)nc(-c3cc4c5ccccc5oc4c4c3sc3ccccc34)n2)cc1. The van der Waals surface area contributed by atoms with Crippen molar-refractivity contribution in [1.82, 2.24) is 19.5 Å². The summed E-state index contributed by atoms with van der Waals surface area (Å²) in [6.07, 6.45) is 0. The van der Waals surface area contributed by atoms with Crippen LogP contribution in [0.2, 0.25) is 0 Å². The number of nitrogens with zero attached hydrogens (tertiary/aromatic N) is 4. The van der Waals surface area contributed by atoms with Crippen molar-refractivity contribution < 1.29 is 4.42 Å². The van der Waals surface area contributed by atoms with Crippen LogP contribution in [0.3, 0.4) is 0 Å². The van der Waals surface area contributed by atoms with Gasteiger partial charge in [-0.2, -0.15) is 0 Å². The van der Waals surface area contributed by atoms with Crippen LogP contribution >= 0.6 is 11.3 Å². The molecule has 1 aliphatic carbocycles. The summed E-state index contributed by atoms with van der Waals surface area (Å²) in [5.74, 6) is 1.95. The predicted octanol–water partition coefficient (Wildman–Crippen LogP) is 15.4. The van der Waals surface area contributed by atoms with E-state index in [9.17, 15) is 0 Å². The summed E-state index contributed by atoms with van der Waals surface area (Å²) in [6.45, 7) is 0. The number of aromatic nitrogens is 4. The maximum atomic E-state index is 6.62. The fourth-order valence-corrected chi connectivity index (χ4v) is 11.6. The molecule has 6 heteroatoms. The Morgan fingerprint density at radius 3 is 1.95 bits per heavy atom. The second kappa shape index (κ2) is 13.7. The van der Waals surface area contributed by atoms with Crippen molar-refractivity contribution in [3.63, 3.8) is 0 Å². The molecular weight excluding hydrogens is 801 g/mol. The van der Waals surface area contributed by atoms with Gasteiger partial charge in [-0.05, 0) is 58.7 Å². The van der Waals surface area contributed by atoms with Crippen molar-refractivity contribution in [1.29, 1.82) is 0 Å². The van der Waals surface area contributed by atoms with Crippen molar-refractivity contribution in [2.24, 2.45) is 0 Å². The molecular formula is C58H34N4OS. The van der Waals surface area contributed by atoms with E-state index in [1.54, 1.807) is 11.3 Å². The van der Waals surface area contributed by atoms with Gasteiger partial charge in [-0.3, -0.25) is 0 Å². The summed E-state index contributed by atoms with van der Waals surface area (Å²) < 4.78 is 11.4. The first-order valence-corrected chi connectivity index (χ1v) is 22.5. The third kappa shape index (κ3) is 5.14. The lowest BCUT2D eigenvalue weighted by Gasteiger charge is -2.16. The van der Waals surface area contributed by atoms with Crippen molar-refractivity contribution in [3.05, 3.63) is 217 Å². The standard InChI is InChI=1S/C58H34N4OS/c1-3-15-35(16-4-1)56-59-57(61-58(60-56)46-33-45-39-20-10-13-25-48(39)63-54(45)52-43-23-11-14-26-49(43)64-55(46)52)36-29-27-34(28-30-36)50-40-21-7-8-22-41(40)51-44(50)32-31-42-38-19-9-12-24-47(38)62(53(42)51)37-17-5-2-6-18-37/h1-33,50H. The van der Waals surface area contributed by atoms with Crippen molar-refractivity contribution in [2.45, 2.75) is 5.92 Å². The molecule has 298 valence electrons. The minimum absolute atomic E-state index is 0.0541. The van der Waals surface area contributed by atoms with Gasteiger partial charge in [0.1, 0.15) is 11.2 Å². The Bertz CT molecular complexity index is 4020. The zero-order chi connectivity index (χ0) is 41.9. The van der Waals surface area contributed by atoms with Crippen molar-refractivity contribution in [3.8, 4) is 51.0 Å². The van der Waals surface area contributed by atoms with Crippen LogP contribution in [0.1, 0.15) is 22.6 Å². The molecule has 64 heavy (non-hydrogen) atoms. The minimum Gasteiger partial charge on any atom is -0.455 e. The van der Waals surface area contributed by atoms with Crippen LogP contribution in [0.15, 0.2) is 205 Å². The highest BCUT2D eigenvalue weighted by molar-refractivity contribution is 7.26. The molecule has 4 aromatic heterocycles. The zero-order valence-corrected chi connectivity index (χ0v) is 35.1. The van der Waals surface area contributed by atoms with E-state index in [1.807, 2.05) is 30.3 Å². The van der Waals surface area contributed by atoms with E-state index in [-0.39, 0.29) is 5.92 Å². The van der Waals surface area contributed by atoms with Gasteiger partial charge in [0, 0.05) is 70.9 Å². The van der Waals surface area contributed by atoms with E-state index in [1.165, 1.54) is 59.7 Å². The molecule has 9 aromatic carbocycles. The molecule has 1 atom stereocenters. The van der Waals surface area contributed by atoms with Gasteiger partial charge < -0.3 is 8.98 Å². The van der Waals surface area contributed by atoms with E-state index < -0.39 is 0 Å². The predicted molar refractivity (Wildman–Crippen MR) is 263 cm³/mol. The molecule has 5 nitrogen and oxygen atoms in total. The third-order valence-corrected chi connectivity index (χ3v) is 14.3. The highest BCUT2D eigenvalue weighted by Crippen LogP contribution is 2.53. The lowest BCUT2D eigenvalue weighted by atomic mass is 9.88. The Balaban J connectivity index is 0.951. The Morgan fingerprint density at radius 2 is 1.12 bits per heavy atom. The average molecular weight is 835 g/mol. The quantitative estimate of drug-likeness (QED) is 0.173. The summed E-state index contributed by atoms with van der Waals surface area (Å²) in [5.41, 5.74) is 14.6. The Kier molecular flexibility index (Phi) is 7.55. The maximum absolute atomic E-state index is 6.62.